The van der Waals surface area contributed by atoms with Gasteiger partial charge in [0.25, 0.3) is 0 Å². The molecule has 0 saturated carbocycles. The highest BCUT2D eigenvalue weighted by Gasteiger charge is 1.91. The van der Waals surface area contributed by atoms with Crippen LogP contribution in [0.5, 0.6) is 0 Å². The standard InChI is InChI=1S/C7H9N3OS/c1-11-10-5-6-12-7-8-3-2-4-9-7/h2-5H,6H2,1H3/b10-5+. The van der Waals surface area contributed by atoms with E-state index in [0.717, 1.165) is 10.9 Å². The minimum absolute atomic E-state index is 0.720. The van der Waals surface area contributed by atoms with E-state index in [1.54, 1.807) is 24.7 Å². The third kappa shape index (κ3) is 3.34. The van der Waals surface area contributed by atoms with Crippen LogP contribution in [0.3, 0.4) is 0 Å². The van der Waals surface area contributed by atoms with Gasteiger partial charge in [-0.25, -0.2) is 9.97 Å². The molecule has 0 atom stereocenters. The van der Waals surface area contributed by atoms with Crippen molar-refractivity contribution < 1.29 is 4.84 Å². The van der Waals surface area contributed by atoms with E-state index in [9.17, 15) is 0 Å². The van der Waals surface area contributed by atoms with Crippen molar-refractivity contribution >= 4 is 18.0 Å². The zero-order chi connectivity index (χ0) is 8.65. The first-order valence-corrected chi connectivity index (χ1v) is 4.37. The molecule has 1 rings (SSSR count). The van der Waals surface area contributed by atoms with Crippen molar-refractivity contribution in [3.05, 3.63) is 18.5 Å². The molecule has 64 valence electrons. The van der Waals surface area contributed by atoms with Crippen molar-refractivity contribution in [1.82, 2.24) is 9.97 Å². The first-order valence-electron chi connectivity index (χ1n) is 3.38. The molecule has 12 heavy (non-hydrogen) atoms. The summed E-state index contributed by atoms with van der Waals surface area (Å²) in [6.07, 6.45) is 5.09. The van der Waals surface area contributed by atoms with Crippen molar-refractivity contribution in [2.24, 2.45) is 5.16 Å². The number of rotatable bonds is 4. The van der Waals surface area contributed by atoms with Crippen LogP contribution in [0.1, 0.15) is 0 Å². The lowest BCUT2D eigenvalue weighted by Gasteiger charge is -1.92. The number of oxime groups is 1. The molecule has 5 heteroatoms. The van der Waals surface area contributed by atoms with Crippen molar-refractivity contribution in [2.45, 2.75) is 5.16 Å². The molecule has 0 fully saturated rings. The van der Waals surface area contributed by atoms with Gasteiger partial charge in [0.2, 0.25) is 0 Å². The molecule has 0 aromatic carbocycles. The molecule has 0 aliphatic carbocycles. The van der Waals surface area contributed by atoms with Crippen LogP contribution in [0.25, 0.3) is 0 Å². The summed E-state index contributed by atoms with van der Waals surface area (Å²) in [5, 5.41) is 4.34. The van der Waals surface area contributed by atoms with Crippen LogP contribution < -0.4 is 0 Å². The molecule has 4 nitrogen and oxygen atoms in total. The van der Waals surface area contributed by atoms with Gasteiger partial charge in [-0.3, -0.25) is 0 Å². The van der Waals surface area contributed by atoms with Gasteiger partial charge in [-0.2, -0.15) is 0 Å². The largest absolute Gasteiger partial charge is 0.399 e. The summed E-state index contributed by atoms with van der Waals surface area (Å²) in [7, 11) is 1.51. The highest BCUT2D eigenvalue weighted by atomic mass is 32.2. The van der Waals surface area contributed by atoms with E-state index in [1.807, 2.05) is 0 Å². The minimum atomic E-state index is 0.720. The fraction of sp³-hybridized carbons (Fsp3) is 0.286. The monoisotopic (exact) mass is 183 g/mol. The van der Waals surface area contributed by atoms with E-state index < -0.39 is 0 Å². The normalized spacial score (nSPS) is 10.4. The molecule has 0 spiro atoms. The zero-order valence-corrected chi connectivity index (χ0v) is 7.49. The average Bonchev–Trinajstić information content (AvgIpc) is 2.14. The van der Waals surface area contributed by atoms with Gasteiger partial charge in [-0.05, 0) is 6.07 Å². The lowest BCUT2D eigenvalue weighted by atomic mass is 10.7. The Morgan fingerprint density at radius 2 is 2.33 bits per heavy atom. The van der Waals surface area contributed by atoms with Crippen LogP contribution >= 0.6 is 11.8 Å². The lowest BCUT2D eigenvalue weighted by molar-refractivity contribution is 0.215. The Balaban J connectivity index is 2.29. The molecule has 1 heterocycles. The van der Waals surface area contributed by atoms with Crippen LogP contribution in [0.2, 0.25) is 0 Å². The fourth-order valence-electron chi connectivity index (χ4n) is 0.577. The minimum Gasteiger partial charge on any atom is -0.399 e. The van der Waals surface area contributed by atoms with Gasteiger partial charge in [0.15, 0.2) is 5.16 Å². The third-order valence-corrected chi connectivity index (χ3v) is 1.79. The van der Waals surface area contributed by atoms with Gasteiger partial charge < -0.3 is 4.84 Å². The summed E-state index contributed by atoms with van der Waals surface area (Å²) in [4.78, 5) is 12.5. The predicted molar refractivity (Wildman–Crippen MR) is 48.3 cm³/mol. The van der Waals surface area contributed by atoms with Gasteiger partial charge in [0.05, 0.1) is 6.21 Å². The van der Waals surface area contributed by atoms with Gasteiger partial charge in [0, 0.05) is 18.1 Å². The Bertz CT molecular complexity index is 240. The molecule has 0 amide bonds. The Labute approximate surface area is 75.1 Å². The summed E-state index contributed by atoms with van der Waals surface area (Å²) in [5.74, 6) is 0.720. The van der Waals surface area contributed by atoms with Crippen LogP contribution in [0.4, 0.5) is 0 Å². The molecule has 0 saturated heterocycles. The highest BCUT2D eigenvalue weighted by Crippen LogP contribution is 2.08. The summed E-state index contributed by atoms with van der Waals surface area (Å²) in [6, 6.07) is 1.79. The van der Waals surface area contributed by atoms with E-state index in [4.69, 9.17) is 0 Å². The molecule has 0 radical (unpaired) electrons. The Hall–Kier alpha value is -1.10. The second kappa shape index (κ2) is 5.54. The summed E-state index contributed by atoms with van der Waals surface area (Å²) in [5.41, 5.74) is 0. The van der Waals surface area contributed by atoms with Crippen molar-refractivity contribution in [1.29, 1.82) is 0 Å². The average molecular weight is 183 g/mol. The molecule has 0 aliphatic heterocycles. The second-order valence-electron chi connectivity index (χ2n) is 1.81. The van der Waals surface area contributed by atoms with Crippen LogP contribution in [0, 0.1) is 0 Å². The quantitative estimate of drug-likeness (QED) is 0.304. The maximum atomic E-state index is 4.50. The smallest absolute Gasteiger partial charge is 0.187 e. The zero-order valence-electron chi connectivity index (χ0n) is 6.67. The SMILES string of the molecule is CO/N=C/CSc1ncccn1. The number of aromatic nitrogens is 2. The van der Waals surface area contributed by atoms with Crippen LogP contribution in [0.15, 0.2) is 28.8 Å². The summed E-state index contributed by atoms with van der Waals surface area (Å²) < 4.78 is 0. The molecule has 1 aromatic rings. The molecule has 0 unspecified atom stereocenters. The topological polar surface area (TPSA) is 47.4 Å². The van der Waals surface area contributed by atoms with Gasteiger partial charge in [0.1, 0.15) is 7.11 Å². The lowest BCUT2D eigenvalue weighted by Crippen LogP contribution is -1.86. The molecular formula is C7H9N3OS. The summed E-state index contributed by atoms with van der Waals surface area (Å²) >= 11 is 1.51. The molecule has 0 aliphatic rings. The van der Waals surface area contributed by atoms with Crippen molar-refractivity contribution in [2.75, 3.05) is 12.9 Å². The number of nitrogens with zero attached hydrogens (tertiary/aromatic N) is 3. The van der Waals surface area contributed by atoms with Crippen LogP contribution in [-0.2, 0) is 4.84 Å². The van der Waals surface area contributed by atoms with E-state index in [2.05, 4.69) is 20.0 Å². The van der Waals surface area contributed by atoms with Gasteiger partial charge in [-0.1, -0.05) is 16.9 Å². The molecular weight excluding hydrogens is 174 g/mol. The number of thioether (sulfide) groups is 1. The highest BCUT2D eigenvalue weighted by molar-refractivity contribution is 7.99. The maximum Gasteiger partial charge on any atom is 0.187 e. The summed E-state index contributed by atoms with van der Waals surface area (Å²) in [6.45, 7) is 0. The van der Waals surface area contributed by atoms with E-state index in [0.29, 0.717) is 0 Å². The molecule has 0 N–H and O–H groups in total. The Morgan fingerprint density at radius 1 is 1.58 bits per heavy atom. The first-order chi connectivity index (χ1) is 5.93. The number of hydrogen-bond acceptors (Lipinski definition) is 5. The van der Waals surface area contributed by atoms with E-state index >= 15 is 0 Å². The fourth-order valence-corrected chi connectivity index (χ4v) is 1.13. The van der Waals surface area contributed by atoms with Crippen molar-refractivity contribution in [3.8, 4) is 0 Å². The first kappa shape index (κ1) is 8.99. The van der Waals surface area contributed by atoms with Crippen LogP contribution in [-0.4, -0.2) is 29.0 Å². The third-order valence-electron chi connectivity index (χ3n) is 1.01. The number of hydrogen-bond donors (Lipinski definition) is 0. The predicted octanol–water partition coefficient (Wildman–Crippen LogP) is 1.20. The Kier molecular flexibility index (Phi) is 4.15. The van der Waals surface area contributed by atoms with Gasteiger partial charge in [-0.15, -0.1) is 0 Å². The van der Waals surface area contributed by atoms with Gasteiger partial charge >= 0.3 is 0 Å². The van der Waals surface area contributed by atoms with E-state index in [-0.39, 0.29) is 0 Å². The molecule has 1 aromatic heterocycles. The maximum absolute atomic E-state index is 4.50. The van der Waals surface area contributed by atoms with E-state index in [1.165, 1.54) is 18.9 Å². The second-order valence-corrected chi connectivity index (χ2v) is 2.80. The Morgan fingerprint density at radius 3 is 3.00 bits per heavy atom. The molecule has 0 bridgehead atoms. The van der Waals surface area contributed by atoms with Crippen molar-refractivity contribution in [3.63, 3.8) is 0 Å².